The Morgan fingerprint density at radius 3 is 2.22 bits per heavy atom. The number of aryl methyl sites for hydroxylation is 2. The van der Waals surface area contributed by atoms with Gasteiger partial charge in [0.15, 0.2) is 0 Å². The maximum absolute atomic E-state index is 5.70. The quantitative estimate of drug-likeness (QED) is 0.416. The van der Waals surface area contributed by atoms with Gasteiger partial charge < -0.3 is 4.42 Å². The summed E-state index contributed by atoms with van der Waals surface area (Å²) in [6, 6.07) is 0.226. The lowest BCUT2D eigenvalue weighted by molar-refractivity contribution is 0.457. The highest BCUT2D eigenvalue weighted by molar-refractivity contribution is 5.34. The molecule has 3 N–H and O–H groups in total. The summed E-state index contributed by atoms with van der Waals surface area (Å²) >= 11 is 0. The number of rotatable bonds is 8. The zero-order chi connectivity index (χ0) is 13.5. The summed E-state index contributed by atoms with van der Waals surface area (Å²) < 4.78 is 5.68. The van der Waals surface area contributed by atoms with Crippen molar-refractivity contribution in [2.45, 2.75) is 72.3 Å². The molecule has 1 aromatic rings. The van der Waals surface area contributed by atoms with Gasteiger partial charge in [-0.25, -0.2) is 0 Å². The summed E-state index contributed by atoms with van der Waals surface area (Å²) in [7, 11) is 0. The zero-order valence-corrected chi connectivity index (χ0v) is 12.3. The molecule has 0 saturated heterocycles. The minimum atomic E-state index is 0.226. The summed E-state index contributed by atoms with van der Waals surface area (Å²) in [5.74, 6) is 7.71. The second kappa shape index (κ2) is 7.59. The van der Waals surface area contributed by atoms with E-state index in [1.165, 1.54) is 43.2 Å². The van der Waals surface area contributed by atoms with Crippen LogP contribution in [0.1, 0.15) is 74.1 Å². The zero-order valence-electron chi connectivity index (χ0n) is 12.3. The van der Waals surface area contributed by atoms with E-state index >= 15 is 0 Å². The lowest BCUT2D eigenvalue weighted by Crippen LogP contribution is -2.28. The molecule has 0 amide bonds. The van der Waals surface area contributed by atoms with Crippen LogP contribution in [0.15, 0.2) is 4.42 Å². The molecule has 1 rings (SSSR count). The number of hydrazine groups is 1. The van der Waals surface area contributed by atoms with Crippen LogP contribution in [0.3, 0.4) is 0 Å². The molecule has 1 unspecified atom stereocenters. The van der Waals surface area contributed by atoms with Crippen LogP contribution in [0.2, 0.25) is 0 Å². The fourth-order valence-electron chi connectivity index (χ4n) is 2.58. The van der Waals surface area contributed by atoms with E-state index in [9.17, 15) is 0 Å². The Morgan fingerprint density at radius 2 is 1.72 bits per heavy atom. The first-order chi connectivity index (χ1) is 8.61. The van der Waals surface area contributed by atoms with Crippen molar-refractivity contribution in [2.75, 3.05) is 0 Å². The Morgan fingerprint density at radius 1 is 1.06 bits per heavy atom. The monoisotopic (exact) mass is 252 g/mol. The smallest absolute Gasteiger partial charge is 0.106 e. The van der Waals surface area contributed by atoms with Crippen LogP contribution in [0.4, 0.5) is 0 Å². The van der Waals surface area contributed by atoms with Gasteiger partial charge in [-0.3, -0.25) is 11.3 Å². The summed E-state index contributed by atoms with van der Waals surface area (Å²) in [6.07, 6.45) is 7.55. The van der Waals surface area contributed by atoms with E-state index in [4.69, 9.17) is 10.3 Å². The Kier molecular flexibility index (Phi) is 6.44. The first-order valence-electron chi connectivity index (χ1n) is 7.14. The highest BCUT2D eigenvalue weighted by Gasteiger charge is 2.19. The van der Waals surface area contributed by atoms with E-state index < -0.39 is 0 Å². The Labute approximate surface area is 111 Å². The largest absolute Gasteiger partial charge is 0.466 e. The highest BCUT2D eigenvalue weighted by Crippen LogP contribution is 2.29. The normalized spacial score (nSPS) is 12.9. The molecule has 0 radical (unpaired) electrons. The van der Waals surface area contributed by atoms with Gasteiger partial charge in [0.2, 0.25) is 0 Å². The van der Waals surface area contributed by atoms with Gasteiger partial charge in [0.05, 0.1) is 0 Å². The molecule has 0 fully saturated rings. The van der Waals surface area contributed by atoms with Gasteiger partial charge in [-0.15, -0.1) is 0 Å². The predicted octanol–water partition coefficient (Wildman–Crippen LogP) is 4.07. The maximum atomic E-state index is 5.70. The molecule has 1 atom stereocenters. The number of hydrogen-bond acceptors (Lipinski definition) is 3. The van der Waals surface area contributed by atoms with Crippen LogP contribution in [-0.2, 0) is 0 Å². The molecule has 0 bridgehead atoms. The molecule has 0 spiro atoms. The van der Waals surface area contributed by atoms with E-state index in [1.807, 2.05) is 13.8 Å². The van der Waals surface area contributed by atoms with Gasteiger partial charge in [0, 0.05) is 11.6 Å². The topological polar surface area (TPSA) is 51.2 Å². The van der Waals surface area contributed by atoms with E-state index in [0.717, 1.165) is 17.9 Å². The van der Waals surface area contributed by atoms with Crippen molar-refractivity contribution in [1.82, 2.24) is 5.43 Å². The average Bonchev–Trinajstić information content (AvgIpc) is 2.59. The van der Waals surface area contributed by atoms with Crippen LogP contribution in [0, 0.1) is 20.8 Å². The molecule has 1 heterocycles. The van der Waals surface area contributed by atoms with Crippen LogP contribution < -0.4 is 11.3 Å². The molecule has 0 aliphatic heterocycles. The van der Waals surface area contributed by atoms with Crippen LogP contribution in [0.5, 0.6) is 0 Å². The molecule has 3 heteroatoms. The fraction of sp³-hybridized carbons (Fsp3) is 0.733. The standard InChI is InChI=1S/C15H28N2O/c1-5-6-7-8-9-10-14(17-16)15-11(2)12(3)18-13(15)4/h14,17H,5-10,16H2,1-4H3. The number of nitrogens with two attached hydrogens (primary N) is 1. The molecule has 0 saturated carbocycles. The maximum Gasteiger partial charge on any atom is 0.106 e. The summed E-state index contributed by atoms with van der Waals surface area (Å²) in [5.41, 5.74) is 5.44. The van der Waals surface area contributed by atoms with E-state index in [-0.39, 0.29) is 6.04 Å². The van der Waals surface area contributed by atoms with Crippen LogP contribution >= 0.6 is 0 Å². The van der Waals surface area contributed by atoms with Crippen LogP contribution in [0.25, 0.3) is 0 Å². The van der Waals surface area contributed by atoms with Gasteiger partial charge in [0.25, 0.3) is 0 Å². The van der Waals surface area contributed by atoms with Gasteiger partial charge >= 0.3 is 0 Å². The minimum absolute atomic E-state index is 0.226. The van der Waals surface area contributed by atoms with Crippen molar-refractivity contribution >= 4 is 0 Å². The third-order valence-electron chi connectivity index (χ3n) is 3.76. The Hall–Kier alpha value is -0.800. The minimum Gasteiger partial charge on any atom is -0.466 e. The average molecular weight is 252 g/mol. The SMILES string of the molecule is CCCCCCCC(NN)c1c(C)oc(C)c1C. The molecule has 104 valence electrons. The predicted molar refractivity (Wildman–Crippen MR) is 76.4 cm³/mol. The van der Waals surface area contributed by atoms with Crippen LogP contribution in [-0.4, -0.2) is 0 Å². The Balaban J connectivity index is 2.55. The summed E-state index contributed by atoms with van der Waals surface area (Å²) in [5, 5.41) is 0. The number of furan rings is 1. The summed E-state index contributed by atoms with van der Waals surface area (Å²) in [4.78, 5) is 0. The van der Waals surface area contributed by atoms with E-state index in [0.29, 0.717) is 0 Å². The number of nitrogens with one attached hydrogen (secondary N) is 1. The third-order valence-corrected chi connectivity index (χ3v) is 3.76. The second-order valence-corrected chi connectivity index (χ2v) is 5.18. The third kappa shape index (κ3) is 3.85. The first kappa shape index (κ1) is 15.3. The van der Waals surface area contributed by atoms with Crippen molar-refractivity contribution < 1.29 is 4.42 Å². The molecule has 0 aliphatic rings. The highest BCUT2D eigenvalue weighted by atomic mass is 16.3. The summed E-state index contributed by atoms with van der Waals surface area (Å²) in [6.45, 7) is 8.39. The fourth-order valence-corrected chi connectivity index (χ4v) is 2.58. The van der Waals surface area contributed by atoms with Crippen molar-refractivity contribution in [3.05, 3.63) is 22.6 Å². The van der Waals surface area contributed by atoms with Crippen molar-refractivity contribution in [3.63, 3.8) is 0 Å². The lowest BCUT2D eigenvalue weighted by Gasteiger charge is -2.16. The van der Waals surface area contributed by atoms with Gasteiger partial charge in [0.1, 0.15) is 11.5 Å². The van der Waals surface area contributed by atoms with Gasteiger partial charge in [-0.2, -0.15) is 0 Å². The van der Waals surface area contributed by atoms with E-state index in [1.54, 1.807) is 0 Å². The molecule has 1 aromatic heterocycles. The van der Waals surface area contributed by atoms with Crippen molar-refractivity contribution in [3.8, 4) is 0 Å². The molecular weight excluding hydrogens is 224 g/mol. The van der Waals surface area contributed by atoms with Gasteiger partial charge in [-0.05, 0) is 32.8 Å². The Bertz CT molecular complexity index is 358. The molecule has 0 aromatic carbocycles. The van der Waals surface area contributed by atoms with E-state index in [2.05, 4.69) is 19.3 Å². The molecule has 0 aliphatic carbocycles. The lowest BCUT2D eigenvalue weighted by atomic mass is 9.97. The first-order valence-corrected chi connectivity index (χ1v) is 7.14. The van der Waals surface area contributed by atoms with Crippen molar-refractivity contribution in [1.29, 1.82) is 0 Å². The van der Waals surface area contributed by atoms with Gasteiger partial charge in [-0.1, -0.05) is 39.0 Å². The molecule has 3 nitrogen and oxygen atoms in total. The molecule has 18 heavy (non-hydrogen) atoms. The number of hydrogen-bond donors (Lipinski definition) is 2. The second-order valence-electron chi connectivity index (χ2n) is 5.18. The van der Waals surface area contributed by atoms with Crippen molar-refractivity contribution in [2.24, 2.45) is 5.84 Å². The number of unbranched alkanes of at least 4 members (excludes halogenated alkanes) is 4. The molecular formula is C15H28N2O.